The Morgan fingerprint density at radius 3 is 2.40 bits per heavy atom. The van der Waals surface area contributed by atoms with E-state index in [1.54, 1.807) is 0 Å². The highest BCUT2D eigenvalue weighted by Gasteiger charge is 2.53. The van der Waals surface area contributed by atoms with Crippen LogP contribution in [0, 0.1) is 5.41 Å². The van der Waals surface area contributed by atoms with Gasteiger partial charge in [-0.05, 0) is 39.3 Å². The zero-order valence-electron chi connectivity index (χ0n) is 16.2. The first-order valence-corrected chi connectivity index (χ1v) is 9.19. The largest absolute Gasteiger partial charge is 0.356 e. The molecule has 1 aromatic carbocycles. The molecule has 1 aliphatic rings. The first-order valence-electron chi connectivity index (χ1n) is 9.19. The van der Waals surface area contributed by atoms with Crippen molar-refractivity contribution >= 4 is 11.9 Å². The lowest BCUT2D eigenvalue weighted by Crippen LogP contribution is -2.72. The maximum absolute atomic E-state index is 12.0. The Labute approximate surface area is 151 Å². The van der Waals surface area contributed by atoms with Gasteiger partial charge in [0, 0.05) is 42.7 Å². The monoisotopic (exact) mass is 344 g/mol. The first kappa shape index (κ1) is 19.3. The fourth-order valence-electron chi connectivity index (χ4n) is 2.95. The van der Waals surface area contributed by atoms with Crippen LogP contribution in [0.1, 0.15) is 51.4 Å². The van der Waals surface area contributed by atoms with Crippen LogP contribution >= 0.6 is 0 Å². The summed E-state index contributed by atoms with van der Waals surface area (Å²) in [5.74, 6) is 0.948. The lowest BCUT2D eigenvalue weighted by molar-refractivity contribution is -0.0667. The minimum absolute atomic E-state index is 0.0258. The topological polar surface area (TPSA) is 56.7 Å². The Bertz CT molecular complexity index is 607. The van der Waals surface area contributed by atoms with E-state index in [-0.39, 0.29) is 16.9 Å². The molecule has 1 aliphatic heterocycles. The summed E-state index contributed by atoms with van der Waals surface area (Å²) in [5.41, 5.74) is 1.08. The van der Waals surface area contributed by atoms with Gasteiger partial charge in [0.05, 0.1) is 0 Å². The van der Waals surface area contributed by atoms with Crippen molar-refractivity contribution in [3.05, 3.63) is 35.9 Å². The maximum Gasteiger partial charge on any atom is 0.251 e. The highest BCUT2D eigenvalue weighted by atomic mass is 16.1. The second-order valence-corrected chi connectivity index (χ2v) is 7.74. The Balaban J connectivity index is 1.81. The maximum atomic E-state index is 12.0. The van der Waals surface area contributed by atoms with E-state index in [1.165, 1.54) is 0 Å². The summed E-state index contributed by atoms with van der Waals surface area (Å²) in [6.45, 7) is 14.4. The third kappa shape index (κ3) is 4.33. The molecule has 0 bridgehead atoms. The molecule has 1 aromatic rings. The van der Waals surface area contributed by atoms with Crippen LogP contribution in [0.5, 0.6) is 0 Å². The number of nitrogens with zero attached hydrogens (tertiary/aromatic N) is 2. The highest BCUT2D eigenvalue weighted by molar-refractivity contribution is 5.94. The molecule has 0 spiro atoms. The average Bonchev–Trinajstić information content (AvgIpc) is 2.59. The summed E-state index contributed by atoms with van der Waals surface area (Å²) in [5, 5.41) is 6.34. The van der Waals surface area contributed by atoms with Gasteiger partial charge < -0.3 is 15.5 Å². The minimum atomic E-state index is -0.0258. The van der Waals surface area contributed by atoms with E-state index in [9.17, 15) is 4.79 Å². The molecule has 5 nitrogen and oxygen atoms in total. The average molecular weight is 345 g/mol. The van der Waals surface area contributed by atoms with Gasteiger partial charge in [0.1, 0.15) is 0 Å². The van der Waals surface area contributed by atoms with E-state index in [4.69, 9.17) is 4.99 Å². The summed E-state index contributed by atoms with van der Waals surface area (Å²) < 4.78 is 0. The number of carbonyl (C=O) groups excluding carboxylic acids is 1. The van der Waals surface area contributed by atoms with E-state index in [0.717, 1.165) is 25.5 Å². The molecule has 2 N–H and O–H groups in total. The predicted octanol–water partition coefficient (Wildman–Crippen LogP) is 2.89. The number of hydrogen-bond acceptors (Lipinski definition) is 2. The molecule has 1 saturated heterocycles. The standard InChI is InChI=1S/C20H32N4O/c1-6-21-18(24-15-19(2,3)20(24,4)5)23-14-10-13-22-17(25)16-11-8-7-9-12-16/h7-9,11-12H,6,10,13-15H2,1-5H3,(H,21,23)(H,22,25). The predicted molar refractivity (Wildman–Crippen MR) is 104 cm³/mol. The molecule has 1 amide bonds. The zero-order valence-corrected chi connectivity index (χ0v) is 16.2. The fraction of sp³-hybridized carbons (Fsp3) is 0.600. The minimum Gasteiger partial charge on any atom is -0.356 e. The van der Waals surface area contributed by atoms with Crippen molar-refractivity contribution in [2.45, 2.75) is 46.6 Å². The summed E-state index contributed by atoms with van der Waals surface area (Å²) in [6.07, 6.45) is 0.825. The Morgan fingerprint density at radius 2 is 1.84 bits per heavy atom. The Morgan fingerprint density at radius 1 is 1.16 bits per heavy atom. The number of rotatable bonds is 6. The van der Waals surface area contributed by atoms with Crippen LogP contribution in [0.3, 0.4) is 0 Å². The van der Waals surface area contributed by atoms with Crippen LogP contribution < -0.4 is 10.6 Å². The molecule has 0 atom stereocenters. The highest BCUT2D eigenvalue weighted by Crippen LogP contribution is 2.46. The second-order valence-electron chi connectivity index (χ2n) is 7.74. The van der Waals surface area contributed by atoms with E-state index in [0.29, 0.717) is 18.7 Å². The number of guanidine groups is 1. The van der Waals surface area contributed by atoms with Crippen molar-refractivity contribution < 1.29 is 4.79 Å². The van der Waals surface area contributed by atoms with Crippen molar-refractivity contribution in [1.82, 2.24) is 15.5 Å². The summed E-state index contributed by atoms with van der Waals surface area (Å²) in [4.78, 5) is 19.1. The van der Waals surface area contributed by atoms with E-state index >= 15 is 0 Å². The Hall–Kier alpha value is -2.04. The van der Waals surface area contributed by atoms with Gasteiger partial charge in [-0.2, -0.15) is 0 Å². The van der Waals surface area contributed by atoms with Gasteiger partial charge in [-0.3, -0.25) is 9.79 Å². The molecule has 0 saturated carbocycles. The van der Waals surface area contributed by atoms with Crippen molar-refractivity contribution in [3.63, 3.8) is 0 Å². The lowest BCUT2D eigenvalue weighted by Gasteiger charge is -2.62. The zero-order chi connectivity index (χ0) is 18.5. The van der Waals surface area contributed by atoms with Crippen LogP contribution in [-0.4, -0.2) is 48.5 Å². The van der Waals surface area contributed by atoms with Gasteiger partial charge in [-0.25, -0.2) is 0 Å². The molecular weight excluding hydrogens is 312 g/mol. The quantitative estimate of drug-likeness (QED) is 0.474. The van der Waals surface area contributed by atoms with Gasteiger partial charge in [0.2, 0.25) is 0 Å². The van der Waals surface area contributed by atoms with Gasteiger partial charge in [-0.15, -0.1) is 0 Å². The van der Waals surface area contributed by atoms with Crippen molar-refractivity contribution in [2.75, 3.05) is 26.2 Å². The molecule has 0 unspecified atom stereocenters. The lowest BCUT2D eigenvalue weighted by atomic mass is 9.65. The van der Waals surface area contributed by atoms with Crippen molar-refractivity contribution in [2.24, 2.45) is 10.4 Å². The number of aliphatic imine (C=N–C) groups is 1. The molecule has 25 heavy (non-hydrogen) atoms. The third-order valence-corrected chi connectivity index (χ3v) is 5.39. The second kappa shape index (κ2) is 7.89. The molecule has 138 valence electrons. The van der Waals surface area contributed by atoms with Gasteiger partial charge in [0.15, 0.2) is 5.96 Å². The van der Waals surface area contributed by atoms with E-state index in [1.807, 2.05) is 30.3 Å². The molecule has 2 rings (SSSR count). The van der Waals surface area contributed by atoms with E-state index in [2.05, 4.69) is 50.2 Å². The Kier molecular flexibility index (Phi) is 6.09. The third-order valence-electron chi connectivity index (χ3n) is 5.39. The number of likely N-dealkylation sites (tertiary alicyclic amines) is 1. The molecule has 1 fully saturated rings. The van der Waals surface area contributed by atoms with Gasteiger partial charge in [-0.1, -0.05) is 32.0 Å². The summed E-state index contributed by atoms with van der Waals surface area (Å²) >= 11 is 0. The SMILES string of the molecule is CCNC(=NCCCNC(=O)c1ccccc1)N1CC(C)(C)C1(C)C. The summed E-state index contributed by atoms with van der Waals surface area (Å²) in [7, 11) is 0. The smallest absolute Gasteiger partial charge is 0.251 e. The molecular formula is C20H32N4O. The van der Waals surface area contributed by atoms with Gasteiger partial charge in [0.25, 0.3) is 5.91 Å². The fourth-order valence-corrected chi connectivity index (χ4v) is 2.95. The van der Waals surface area contributed by atoms with Crippen molar-refractivity contribution in [1.29, 1.82) is 0 Å². The normalized spacial score (nSPS) is 18.4. The molecule has 0 aliphatic carbocycles. The summed E-state index contributed by atoms with van der Waals surface area (Å²) in [6, 6.07) is 9.30. The van der Waals surface area contributed by atoms with E-state index < -0.39 is 0 Å². The number of amides is 1. The number of nitrogens with one attached hydrogen (secondary N) is 2. The van der Waals surface area contributed by atoms with Crippen LogP contribution in [0.25, 0.3) is 0 Å². The molecule has 1 heterocycles. The van der Waals surface area contributed by atoms with Gasteiger partial charge >= 0.3 is 0 Å². The van der Waals surface area contributed by atoms with Crippen molar-refractivity contribution in [3.8, 4) is 0 Å². The number of hydrogen-bond donors (Lipinski definition) is 2. The molecule has 0 aromatic heterocycles. The number of carbonyl (C=O) groups is 1. The van der Waals surface area contributed by atoms with Crippen LogP contribution in [0.15, 0.2) is 35.3 Å². The molecule has 0 radical (unpaired) electrons. The van der Waals surface area contributed by atoms with Crippen LogP contribution in [0.2, 0.25) is 0 Å². The van der Waals surface area contributed by atoms with Crippen LogP contribution in [-0.2, 0) is 0 Å². The first-order chi connectivity index (χ1) is 11.8. The number of benzene rings is 1. The van der Waals surface area contributed by atoms with Crippen LogP contribution in [0.4, 0.5) is 0 Å². The molecule has 5 heteroatoms.